The van der Waals surface area contributed by atoms with Crippen LogP contribution in [0.15, 0.2) is 19.0 Å². The van der Waals surface area contributed by atoms with Crippen molar-refractivity contribution in [2.45, 2.75) is 12.7 Å². The van der Waals surface area contributed by atoms with Gasteiger partial charge in [0.15, 0.2) is 28.6 Å². The van der Waals surface area contributed by atoms with Gasteiger partial charge in [-0.25, -0.2) is 38.1 Å². The van der Waals surface area contributed by atoms with Gasteiger partial charge in [-0.2, -0.15) is 13.2 Å². The van der Waals surface area contributed by atoms with Crippen LogP contribution in [-0.4, -0.2) is 89.7 Å². The number of ether oxygens (including phenoxy) is 1. The van der Waals surface area contributed by atoms with Gasteiger partial charge >= 0.3 is 6.18 Å². The first-order valence-corrected chi connectivity index (χ1v) is 12.7. The fourth-order valence-electron chi connectivity index (χ4n) is 3.54. The molecular formula is C20H24F3N9O3S. The second-order valence-corrected chi connectivity index (χ2v) is 9.74. The van der Waals surface area contributed by atoms with Crippen molar-refractivity contribution in [2.75, 3.05) is 55.9 Å². The molecule has 4 rings (SSSR count). The van der Waals surface area contributed by atoms with Crippen LogP contribution in [0, 0.1) is 0 Å². The minimum atomic E-state index is -4.58. The maximum atomic E-state index is 13.6. The molecule has 0 radical (unpaired) electrons. The molecule has 0 saturated carbocycles. The molecule has 36 heavy (non-hydrogen) atoms. The molecule has 1 saturated heterocycles. The number of imidazole rings is 1. The molecule has 4 heterocycles. The van der Waals surface area contributed by atoms with Gasteiger partial charge < -0.3 is 15.0 Å². The molecule has 0 spiro atoms. The van der Waals surface area contributed by atoms with E-state index in [2.05, 4.69) is 41.5 Å². The number of sulfonamides is 1. The molecule has 0 atom stereocenters. The second-order valence-electron chi connectivity index (χ2n) is 7.91. The normalized spacial score (nSPS) is 14.8. The maximum Gasteiger partial charge on any atom is 0.406 e. The Kier molecular flexibility index (Phi) is 7.37. The molecule has 3 aromatic heterocycles. The summed E-state index contributed by atoms with van der Waals surface area (Å²) in [7, 11) is -3.46. The van der Waals surface area contributed by atoms with Gasteiger partial charge in [-0.1, -0.05) is 6.58 Å². The van der Waals surface area contributed by atoms with Crippen LogP contribution >= 0.6 is 0 Å². The number of alkyl halides is 3. The van der Waals surface area contributed by atoms with E-state index in [1.807, 2.05) is 4.90 Å². The topological polar surface area (TPSA) is 140 Å². The lowest BCUT2D eigenvalue weighted by Gasteiger charge is -2.28. The third-order valence-corrected chi connectivity index (χ3v) is 5.84. The number of anilines is 2. The van der Waals surface area contributed by atoms with Crippen LogP contribution in [-0.2, 0) is 21.3 Å². The summed E-state index contributed by atoms with van der Waals surface area (Å²) in [6.07, 6.45) is 0.808. The first-order chi connectivity index (χ1) is 17.0. The van der Waals surface area contributed by atoms with Gasteiger partial charge in [0.25, 0.3) is 0 Å². The van der Waals surface area contributed by atoms with E-state index in [1.165, 1.54) is 18.5 Å². The predicted octanol–water partition coefficient (Wildman–Crippen LogP) is 1.29. The summed E-state index contributed by atoms with van der Waals surface area (Å²) in [6.45, 7) is 3.96. The molecule has 0 amide bonds. The summed E-state index contributed by atoms with van der Waals surface area (Å²) < 4.78 is 71.9. The minimum Gasteiger partial charge on any atom is -0.378 e. The van der Waals surface area contributed by atoms with Crippen molar-refractivity contribution in [1.29, 1.82) is 0 Å². The molecule has 0 aromatic carbocycles. The molecule has 1 aliphatic rings. The SMILES string of the molecule is C=Cc1ncc(-c2nc(N3CCOCC3)c3nc(NCCNS(C)(=O)=O)n(CC(F)(F)F)c3n2)cn1. The molecule has 0 unspecified atom stereocenters. The smallest absolute Gasteiger partial charge is 0.378 e. The average Bonchev–Trinajstić information content (AvgIpc) is 3.17. The summed E-state index contributed by atoms with van der Waals surface area (Å²) in [6, 6.07) is 0. The molecule has 12 nitrogen and oxygen atoms in total. The van der Waals surface area contributed by atoms with Gasteiger partial charge in [0.1, 0.15) is 6.54 Å². The standard InChI is InChI=1S/C20H24F3N9O3S/c1-3-14-25-10-13(11-26-14)16-29-17(31-6-8-35-9-7-31)15-18(30-16)32(12-20(21,22)23)19(28-15)24-4-5-27-36(2,33)34/h3,10-11,27H,1,4-9,12H2,2H3,(H,24,28). The summed E-state index contributed by atoms with van der Waals surface area (Å²) in [5.74, 6) is 0.749. The molecule has 1 fully saturated rings. The third-order valence-electron chi connectivity index (χ3n) is 5.11. The second kappa shape index (κ2) is 10.3. The van der Waals surface area contributed by atoms with Crippen LogP contribution in [0.4, 0.5) is 24.9 Å². The molecule has 0 aliphatic carbocycles. The molecule has 194 valence electrons. The molecule has 1 aliphatic heterocycles. The Morgan fingerprint density at radius 1 is 1.14 bits per heavy atom. The van der Waals surface area contributed by atoms with Gasteiger partial charge in [-0.3, -0.25) is 4.57 Å². The summed E-state index contributed by atoms with van der Waals surface area (Å²) in [4.78, 5) is 23.5. The minimum absolute atomic E-state index is 0.00171. The largest absolute Gasteiger partial charge is 0.406 e. The fourth-order valence-corrected chi connectivity index (χ4v) is 4.02. The van der Waals surface area contributed by atoms with Crippen molar-refractivity contribution in [2.24, 2.45) is 0 Å². The maximum absolute atomic E-state index is 13.6. The summed E-state index contributed by atoms with van der Waals surface area (Å²) >= 11 is 0. The quantitative estimate of drug-likeness (QED) is 0.391. The highest BCUT2D eigenvalue weighted by atomic mass is 32.2. The zero-order chi connectivity index (χ0) is 25.9. The highest BCUT2D eigenvalue weighted by Crippen LogP contribution is 2.32. The zero-order valence-electron chi connectivity index (χ0n) is 19.3. The van der Waals surface area contributed by atoms with Crippen molar-refractivity contribution in [3.8, 4) is 11.4 Å². The predicted molar refractivity (Wildman–Crippen MR) is 127 cm³/mol. The highest BCUT2D eigenvalue weighted by Gasteiger charge is 2.32. The fraction of sp³-hybridized carbons (Fsp3) is 0.450. The Morgan fingerprint density at radius 3 is 2.44 bits per heavy atom. The Hall–Kier alpha value is -3.37. The monoisotopic (exact) mass is 527 g/mol. The number of fused-ring (bicyclic) bond motifs is 1. The molecule has 3 aromatic rings. The number of aromatic nitrogens is 6. The van der Waals surface area contributed by atoms with Crippen molar-refractivity contribution in [3.63, 3.8) is 0 Å². The van der Waals surface area contributed by atoms with E-state index in [1.54, 1.807) is 0 Å². The lowest BCUT2D eigenvalue weighted by Crippen LogP contribution is -2.37. The van der Waals surface area contributed by atoms with Crippen molar-refractivity contribution >= 4 is 39.0 Å². The van der Waals surface area contributed by atoms with Crippen LogP contribution in [0.5, 0.6) is 0 Å². The lowest BCUT2D eigenvalue weighted by molar-refractivity contribution is -0.139. The van der Waals surface area contributed by atoms with E-state index >= 15 is 0 Å². The number of rotatable bonds is 9. The molecule has 16 heteroatoms. The molecular weight excluding hydrogens is 503 g/mol. The van der Waals surface area contributed by atoms with Crippen molar-refractivity contribution < 1.29 is 26.3 Å². The van der Waals surface area contributed by atoms with Gasteiger partial charge in [0.05, 0.1) is 25.0 Å². The molecule has 2 N–H and O–H groups in total. The lowest BCUT2D eigenvalue weighted by atomic mass is 10.3. The van der Waals surface area contributed by atoms with Gasteiger partial charge in [-0.05, 0) is 6.08 Å². The summed E-state index contributed by atoms with van der Waals surface area (Å²) in [5.41, 5.74) is 0.543. The highest BCUT2D eigenvalue weighted by molar-refractivity contribution is 7.88. The number of morpholine rings is 1. The van der Waals surface area contributed by atoms with E-state index in [9.17, 15) is 21.6 Å². The Labute approximate surface area is 204 Å². The van der Waals surface area contributed by atoms with E-state index in [4.69, 9.17) is 4.74 Å². The van der Waals surface area contributed by atoms with E-state index in [0.29, 0.717) is 43.5 Å². The van der Waals surface area contributed by atoms with Crippen LogP contribution in [0.1, 0.15) is 5.82 Å². The Bertz CT molecular complexity index is 1340. The third kappa shape index (κ3) is 6.24. The van der Waals surface area contributed by atoms with E-state index in [0.717, 1.165) is 10.8 Å². The van der Waals surface area contributed by atoms with Crippen LogP contribution < -0.4 is 14.9 Å². The first kappa shape index (κ1) is 25.7. The van der Waals surface area contributed by atoms with Crippen molar-refractivity contribution in [1.82, 2.24) is 34.2 Å². The van der Waals surface area contributed by atoms with Crippen LogP contribution in [0.3, 0.4) is 0 Å². The number of hydrogen-bond donors (Lipinski definition) is 2. The van der Waals surface area contributed by atoms with Crippen LogP contribution in [0.2, 0.25) is 0 Å². The zero-order valence-corrected chi connectivity index (χ0v) is 20.1. The van der Waals surface area contributed by atoms with Crippen LogP contribution in [0.25, 0.3) is 28.6 Å². The Balaban J connectivity index is 1.83. The molecule has 0 bridgehead atoms. The summed E-state index contributed by atoms with van der Waals surface area (Å²) in [5, 5.41) is 2.78. The first-order valence-electron chi connectivity index (χ1n) is 10.8. The van der Waals surface area contributed by atoms with Gasteiger partial charge in [0.2, 0.25) is 16.0 Å². The number of nitrogens with one attached hydrogen (secondary N) is 2. The van der Waals surface area contributed by atoms with E-state index < -0.39 is 22.7 Å². The average molecular weight is 528 g/mol. The van der Waals surface area contributed by atoms with E-state index in [-0.39, 0.29) is 36.0 Å². The van der Waals surface area contributed by atoms with Gasteiger partial charge in [0, 0.05) is 38.6 Å². The number of hydrogen-bond acceptors (Lipinski definition) is 10. The number of halogens is 3. The Morgan fingerprint density at radius 2 is 1.83 bits per heavy atom. The van der Waals surface area contributed by atoms with Gasteiger partial charge in [-0.15, -0.1) is 0 Å². The van der Waals surface area contributed by atoms with Crippen molar-refractivity contribution in [3.05, 3.63) is 24.8 Å². The number of nitrogens with zero attached hydrogens (tertiary/aromatic N) is 7.